The van der Waals surface area contributed by atoms with E-state index in [1.165, 1.54) is 0 Å². The van der Waals surface area contributed by atoms with Crippen LogP contribution in [-0.2, 0) is 30.5 Å². The molecule has 0 spiro atoms. The minimum Gasteiger partial charge on any atom is -0.558 e. The standard InChI is InChI=1S/C26H42BN4O11/c1-17(27(38,39)40)29-22(33)19(12-8-9-15-28-24(36)41-16-18-10-6-5-7-11-18)30-21(32)14-13-20(23(34)35)31-25(37)42-26(2,3)4/h5-7,10-11,17,19-20,38-40H,8-9,12-16H2,1-4H3,(H,28,36)(H,29,33)(H,30,32)(H,31,37)(H,34,35)/q-1/t17-,19+,20+/m1/s1. The second kappa shape index (κ2) is 17.2. The van der Waals surface area contributed by atoms with E-state index >= 15 is 0 Å². The fourth-order valence-electron chi connectivity index (χ4n) is 3.39. The lowest BCUT2D eigenvalue weighted by Gasteiger charge is -2.31. The van der Waals surface area contributed by atoms with E-state index in [2.05, 4.69) is 21.3 Å². The van der Waals surface area contributed by atoms with Crippen LogP contribution in [0.4, 0.5) is 9.59 Å². The Morgan fingerprint density at radius 3 is 2.10 bits per heavy atom. The van der Waals surface area contributed by atoms with Crippen molar-refractivity contribution in [3.05, 3.63) is 35.9 Å². The lowest BCUT2D eigenvalue weighted by Crippen LogP contribution is -2.59. The smallest absolute Gasteiger partial charge is 0.408 e. The highest BCUT2D eigenvalue weighted by Gasteiger charge is 2.30. The van der Waals surface area contributed by atoms with Gasteiger partial charge in [-0.1, -0.05) is 37.3 Å². The molecule has 16 heteroatoms. The number of unbranched alkanes of at least 4 members (excludes halogenated alkanes) is 1. The van der Waals surface area contributed by atoms with Gasteiger partial charge in [0.15, 0.2) is 0 Å². The van der Waals surface area contributed by atoms with Crippen molar-refractivity contribution in [2.45, 2.75) is 90.0 Å². The number of carbonyl (C=O) groups is 5. The maximum Gasteiger partial charge on any atom is 0.408 e. The number of carbonyl (C=O) groups excluding carboxylic acids is 4. The van der Waals surface area contributed by atoms with Crippen molar-refractivity contribution in [3.63, 3.8) is 0 Å². The molecule has 0 aromatic heterocycles. The number of rotatable bonds is 16. The van der Waals surface area contributed by atoms with Crippen LogP contribution in [0.1, 0.15) is 65.4 Å². The van der Waals surface area contributed by atoms with E-state index in [1.54, 1.807) is 20.8 Å². The van der Waals surface area contributed by atoms with Crippen molar-refractivity contribution in [1.82, 2.24) is 21.3 Å². The molecule has 0 aliphatic carbocycles. The van der Waals surface area contributed by atoms with Crippen LogP contribution in [0.5, 0.6) is 0 Å². The molecule has 0 unspecified atom stereocenters. The van der Waals surface area contributed by atoms with Gasteiger partial charge in [-0.2, -0.15) is 0 Å². The van der Waals surface area contributed by atoms with E-state index in [0.29, 0.717) is 12.8 Å². The van der Waals surface area contributed by atoms with Gasteiger partial charge in [0.05, 0.1) is 0 Å². The number of alkyl carbamates (subject to hydrolysis) is 2. The summed E-state index contributed by atoms with van der Waals surface area (Å²) in [5, 5.41) is 46.9. The molecule has 236 valence electrons. The summed E-state index contributed by atoms with van der Waals surface area (Å²) in [5.74, 6) is -4.38. The highest BCUT2D eigenvalue weighted by Crippen LogP contribution is 2.09. The van der Waals surface area contributed by atoms with Crippen LogP contribution in [0, 0.1) is 0 Å². The number of carboxylic acids is 1. The molecule has 0 radical (unpaired) electrons. The number of aliphatic carboxylic acids is 1. The van der Waals surface area contributed by atoms with Crippen molar-refractivity contribution in [1.29, 1.82) is 0 Å². The third kappa shape index (κ3) is 15.8. The zero-order valence-electron chi connectivity index (χ0n) is 24.3. The summed E-state index contributed by atoms with van der Waals surface area (Å²) < 4.78 is 10.2. The molecule has 42 heavy (non-hydrogen) atoms. The fourth-order valence-corrected chi connectivity index (χ4v) is 3.39. The van der Waals surface area contributed by atoms with Crippen LogP contribution < -0.4 is 21.3 Å². The topological polar surface area (TPSA) is 233 Å². The van der Waals surface area contributed by atoms with E-state index < -0.39 is 60.4 Å². The molecule has 0 aliphatic rings. The number of hydrogen-bond donors (Lipinski definition) is 8. The lowest BCUT2D eigenvalue weighted by atomic mass is 9.71. The monoisotopic (exact) mass is 597 g/mol. The second-order valence-corrected chi connectivity index (χ2v) is 10.8. The largest absolute Gasteiger partial charge is 0.558 e. The maximum absolute atomic E-state index is 12.7. The summed E-state index contributed by atoms with van der Waals surface area (Å²) in [4.78, 5) is 60.7. The van der Waals surface area contributed by atoms with Gasteiger partial charge in [0.1, 0.15) is 24.3 Å². The van der Waals surface area contributed by atoms with Gasteiger partial charge in [-0.25, -0.2) is 14.4 Å². The molecule has 3 atom stereocenters. The SMILES string of the molecule is C[C@@H](NC(=O)[C@H](CCCCNC(=O)OCc1ccccc1)NC(=O)CC[C@H](NC(=O)OC(C)(C)C)C(=O)O)[B-](O)(O)O. The normalized spacial score (nSPS) is 13.6. The van der Waals surface area contributed by atoms with Crippen molar-refractivity contribution in [3.8, 4) is 0 Å². The first-order valence-electron chi connectivity index (χ1n) is 13.6. The Balaban J connectivity index is 2.65. The van der Waals surface area contributed by atoms with Gasteiger partial charge < -0.3 is 50.9 Å². The Hall–Kier alpha value is -3.89. The fraction of sp³-hybridized carbons (Fsp3) is 0.577. The molecule has 0 saturated carbocycles. The third-order valence-electron chi connectivity index (χ3n) is 5.74. The van der Waals surface area contributed by atoms with E-state index in [1.807, 2.05) is 30.3 Å². The summed E-state index contributed by atoms with van der Waals surface area (Å²) in [7, 11) is 0. The minimum atomic E-state index is -3.88. The minimum absolute atomic E-state index is 0.0613. The highest BCUT2D eigenvalue weighted by atomic mass is 16.6. The van der Waals surface area contributed by atoms with Gasteiger partial charge in [-0.3, -0.25) is 9.59 Å². The number of carboxylic acid groups (broad SMARTS) is 1. The number of hydrogen-bond acceptors (Lipinski definition) is 10. The van der Waals surface area contributed by atoms with Crippen molar-refractivity contribution < 1.29 is 53.6 Å². The Labute approximate surface area is 244 Å². The second-order valence-electron chi connectivity index (χ2n) is 10.8. The first-order chi connectivity index (χ1) is 19.5. The van der Waals surface area contributed by atoms with Crippen LogP contribution >= 0.6 is 0 Å². The molecule has 8 N–H and O–H groups in total. The molecule has 1 aromatic carbocycles. The van der Waals surface area contributed by atoms with Gasteiger partial charge in [0.25, 0.3) is 0 Å². The van der Waals surface area contributed by atoms with E-state index in [9.17, 15) is 44.2 Å². The van der Waals surface area contributed by atoms with Crippen molar-refractivity contribution in [2.75, 3.05) is 6.54 Å². The maximum atomic E-state index is 12.7. The zero-order chi connectivity index (χ0) is 31.9. The van der Waals surface area contributed by atoms with Crippen LogP contribution in [0.2, 0.25) is 0 Å². The summed E-state index contributed by atoms with van der Waals surface area (Å²) in [6.07, 6.45) is -1.50. The molecule has 0 fully saturated rings. The molecule has 0 heterocycles. The van der Waals surface area contributed by atoms with Crippen molar-refractivity contribution in [2.24, 2.45) is 0 Å². The van der Waals surface area contributed by atoms with E-state index in [0.717, 1.165) is 12.5 Å². The molecule has 0 bridgehead atoms. The molecule has 0 saturated heterocycles. The molecular formula is C26H42BN4O11-. The Bertz CT molecular complexity index is 1040. The molecule has 0 aliphatic heterocycles. The highest BCUT2D eigenvalue weighted by molar-refractivity contribution is 6.58. The number of benzene rings is 1. The van der Waals surface area contributed by atoms with Crippen LogP contribution in [-0.4, -0.2) is 87.1 Å². The van der Waals surface area contributed by atoms with Gasteiger partial charge in [-0.15, -0.1) is 0 Å². The Morgan fingerprint density at radius 1 is 0.881 bits per heavy atom. The molecule has 1 aromatic rings. The molecular weight excluding hydrogens is 555 g/mol. The Morgan fingerprint density at radius 2 is 1.52 bits per heavy atom. The zero-order valence-corrected chi connectivity index (χ0v) is 24.3. The van der Waals surface area contributed by atoms with Crippen LogP contribution in [0.3, 0.4) is 0 Å². The average Bonchev–Trinajstić information content (AvgIpc) is 2.87. The number of nitrogens with one attached hydrogen (secondary N) is 4. The summed E-state index contributed by atoms with van der Waals surface area (Å²) in [6.45, 7) is 2.38. The summed E-state index contributed by atoms with van der Waals surface area (Å²) >= 11 is 0. The number of amides is 4. The summed E-state index contributed by atoms with van der Waals surface area (Å²) in [6, 6.07) is 6.46. The average molecular weight is 597 g/mol. The first kappa shape index (κ1) is 36.1. The van der Waals surface area contributed by atoms with E-state index in [4.69, 9.17) is 9.47 Å². The van der Waals surface area contributed by atoms with Crippen molar-refractivity contribution >= 4 is 36.7 Å². The van der Waals surface area contributed by atoms with Crippen LogP contribution in [0.15, 0.2) is 30.3 Å². The number of ether oxygens (including phenoxy) is 2. The predicted octanol–water partition coefficient (Wildman–Crippen LogP) is 0.286. The first-order valence-corrected chi connectivity index (χ1v) is 13.6. The predicted molar refractivity (Wildman–Crippen MR) is 150 cm³/mol. The lowest BCUT2D eigenvalue weighted by molar-refractivity contribution is -0.140. The van der Waals surface area contributed by atoms with Gasteiger partial charge >= 0.3 is 24.9 Å². The van der Waals surface area contributed by atoms with Crippen LogP contribution in [0.25, 0.3) is 0 Å². The van der Waals surface area contributed by atoms with E-state index in [-0.39, 0.29) is 32.4 Å². The molecule has 4 amide bonds. The Kier molecular flexibility index (Phi) is 14.8. The molecule has 15 nitrogen and oxygen atoms in total. The third-order valence-corrected chi connectivity index (χ3v) is 5.74. The van der Waals surface area contributed by atoms with Gasteiger partial charge in [0, 0.05) is 13.0 Å². The van der Waals surface area contributed by atoms with Gasteiger partial charge in [-0.05, 0) is 58.0 Å². The van der Waals surface area contributed by atoms with Gasteiger partial charge in [0.2, 0.25) is 11.8 Å². The molecule has 1 rings (SSSR count). The quantitative estimate of drug-likeness (QED) is 0.0953. The summed E-state index contributed by atoms with van der Waals surface area (Å²) in [5.41, 5.74) is -0.0441.